The molecule has 0 bridgehead atoms. The van der Waals surface area contributed by atoms with Gasteiger partial charge in [-0.05, 0) is 25.0 Å². The lowest BCUT2D eigenvalue weighted by molar-refractivity contribution is -0.383. The summed E-state index contributed by atoms with van der Waals surface area (Å²) >= 11 is 11.6. The molecule has 0 radical (unpaired) electrons. The number of halogens is 2. The van der Waals surface area contributed by atoms with Gasteiger partial charge in [0.15, 0.2) is 0 Å². The number of nitrogens with one attached hydrogen (secondary N) is 1. The van der Waals surface area contributed by atoms with Crippen LogP contribution < -0.4 is 10.4 Å². The maximum Gasteiger partial charge on any atom is 0.294 e. The van der Waals surface area contributed by atoms with Crippen LogP contribution in [0.3, 0.4) is 0 Å². The number of hydrogen-bond donors (Lipinski definition) is 1. The topological polar surface area (TPSA) is 112 Å². The number of carboxylic acids is 1. The maximum absolute atomic E-state index is 12.3. The molecular weight excluding hydrogens is 347 g/mol. The van der Waals surface area contributed by atoms with Crippen molar-refractivity contribution in [1.29, 1.82) is 0 Å². The lowest BCUT2D eigenvalue weighted by atomic mass is 9.82. The van der Waals surface area contributed by atoms with Crippen molar-refractivity contribution < 1.29 is 19.6 Å². The summed E-state index contributed by atoms with van der Waals surface area (Å²) in [6.07, 6.45) is 1.63. The van der Waals surface area contributed by atoms with E-state index in [0.717, 1.165) is 6.07 Å². The van der Waals surface area contributed by atoms with Crippen LogP contribution in [0.4, 0.5) is 11.4 Å². The number of hydrogen-bond acceptors (Lipinski definition) is 5. The molecule has 2 atom stereocenters. The fourth-order valence-corrected chi connectivity index (χ4v) is 2.80. The number of benzene rings is 1. The van der Waals surface area contributed by atoms with Crippen LogP contribution in [-0.4, -0.2) is 16.8 Å². The molecule has 1 aromatic carbocycles. The van der Waals surface area contributed by atoms with Crippen LogP contribution in [0.15, 0.2) is 29.3 Å². The fraction of sp³-hybridized carbons (Fsp3) is 0.286. The van der Waals surface area contributed by atoms with Crippen molar-refractivity contribution in [2.75, 3.05) is 5.32 Å². The summed E-state index contributed by atoms with van der Waals surface area (Å²) < 4.78 is 0. The molecule has 1 aliphatic carbocycles. The van der Waals surface area contributed by atoms with Gasteiger partial charge in [-0.25, -0.2) is 0 Å². The second kappa shape index (κ2) is 6.97. The van der Waals surface area contributed by atoms with E-state index in [1.54, 1.807) is 0 Å². The van der Waals surface area contributed by atoms with Crippen LogP contribution in [0, 0.1) is 22.0 Å². The number of carbonyl (C=O) groups is 2. The van der Waals surface area contributed by atoms with Crippen molar-refractivity contribution in [1.82, 2.24) is 0 Å². The number of carboxylic acid groups (broad SMARTS) is 1. The smallest absolute Gasteiger partial charge is 0.294 e. The zero-order chi connectivity index (χ0) is 17.1. The number of anilines is 1. The number of nitro benzene ring substituents is 1. The first kappa shape index (κ1) is 17.2. The van der Waals surface area contributed by atoms with Gasteiger partial charge in [0, 0.05) is 28.0 Å². The third-order valence-corrected chi connectivity index (χ3v) is 4.09. The van der Waals surface area contributed by atoms with Gasteiger partial charge >= 0.3 is 0 Å². The summed E-state index contributed by atoms with van der Waals surface area (Å²) in [5, 5.41) is 25.1. The second-order valence-corrected chi connectivity index (χ2v) is 5.95. The standard InChI is InChI=1S/C14H12Cl2N2O5/c15-7-1-3-9(14(20)21)10(5-7)13(19)17-11-4-2-8(16)6-12(11)18(22)23/h1-2,4,6,9-10H,3,5H2,(H,17,19)(H,20,21)/p-1/t9-,10+/m0/s1. The molecule has 1 aliphatic rings. The van der Waals surface area contributed by atoms with E-state index >= 15 is 0 Å². The Hall–Kier alpha value is -2.12. The molecule has 1 aromatic rings. The third-order valence-electron chi connectivity index (χ3n) is 3.55. The summed E-state index contributed by atoms with van der Waals surface area (Å²) in [7, 11) is 0. The van der Waals surface area contributed by atoms with Crippen LogP contribution in [0.2, 0.25) is 5.02 Å². The Kier molecular flexibility index (Phi) is 5.23. The SMILES string of the molecule is O=C([O-])[C@H]1CC=C(Cl)C[C@H]1C(=O)Nc1ccc(Cl)cc1[N+](=O)[O-]. The normalized spacial score (nSPS) is 20.5. The molecule has 1 amide bonds. The van der Waals surface area contributed by atoms with E-state index in [1.165, 1.54) is 18.2 Å². The van der Waals surface area contributed by atoms with Crippen molar-refractivity contribution in [3.8, 4) is 0 Å². The molecule has 0 saturated carbocycles. The van der Waals surface area contributed by atoms with Crippen molar-refractivity contribution in [2.24, 2.45) is 11.8 Å². The predicted molar refractivity (Wildman–Crippen MR) is 81.9 cm³/mol. The third kappa shape index (κ3) is 4.00. The molecule has 0 heterocycles. The number of allylic oxidation sites excluding steroid dienone is 2. The van der Waals surface area contributed by atoms with E-state index in [2.05, 4.69) is 5.32 Å². The van der Waals surface area contributed by atoms with Crippen LogP contribution >= 0.6 is 23.2 Å². The lowest BCUT2D eigenvalue weighted by Crippen LogP contribution is -2.42. The number of nitrogens with zero attached hydrogens (tertiary/aromatic N) is 1. The molecule has 0 unspecified atom stereocenters. The van der Waals surface area contributed by atoms with Crippen LogP contribution in [-0.2, 0) is 9.59 Å². The van der Waals surface area contributed by atoms with E-state index < -0.39 is 28.6 Å². The monoisotopic (exact) mass is 357 g/mol. The Balaban J connectivity index is 2.26. The van der Waals surface area contributed by atoms with E-state index in [-0.39, 0.29) is 29.2 Å². The molecule has 0 aromatic heterocycles. The molecule has 0 saturated heterocycles. The zero-order valence-corrected chi connectivity index (χ0v) is 13.1. The largest absolute Gasteiger partial charge is 0.550 e. The first-order chi connectivity index (χ1) is 10.8. The molecular formula is C14H11Cl2N2O5-. The van der Waals surface area contributed by atoms with Crippen molar-refractivity contribution >= 4 is 46.5 Å². The number of nitro groups is 1. The maximum atomic E-state index is 12.3. The minimum atomic E-state index is -1.36. The molecule has 2 rings (SSSR count). The highest BCUT2D eigenvalue weighted by Gasteiger charge is 2.33. The van der Waals surface area contributed by atoms with Crippen molar-refractivity contribution in [2.45, 2.75) is 12.8 Å². The molecule has 0 aliphatic heterocycles. The lowest BCUT2D eigenvalue weighted by Gasteiger charge is -2.29. The Morgan fingerprint density at radius 1 is 1.26 bits per heavy atom. The summed E-state index contributed by atoms with van der Waals surface area (Å²) in [6, 6.07) is 3.77. The van der Waals surface area contributed by atoms with Gasteiger partial charge < -0.3 is 15.2 Å². The summed E-state index contributed by atoms with van der Waals surface area (Å²) in [4.78, 5) is 33.8. The van der Waals surface area contributed by atoms with E-state index in [4.69, 9.17) is 23.2 Å². The molecule has 1 N–H and O–H groups in total. The Labute approximate surface area is 141 Å². The van der Waals surface area contributed by atoms with Crippen LogP contribution in [0.1, 0.15) is 12.8 Å². The van der Waals surface area contributed by atoms with E-state index in [9.17, 15) is 24.8 Å². The predicted octanol–water partition coefficient (Wildman–Crippen LogP) is 2.09. The van der Waals surface area contributed by atoms with Gasteiger partial charge in [0.1, 0.15) is 5.69 Å². The summed E-state index contributed by atoms with van der Waals surface area (Å²) in [6.45, 7) is 0. The highest BCUT2D eigenvalue weighted by molar-refractivity contribution is 6.31. The van der Waals surface area contributed by atoms with Crippen molar-refractivity contribution in [3.63, 3.8) is 0 Å². The summed E-state index contributed by atoms with van der Waals surface area (Å²) in [5.74, 6) is -4.04. The van der Waals surface area contributed by atoms with Gasteiger partial charge in [0.25, 0.3) is 5.69 Å². The minimum absolute atomic E-state index is 0.0351. The van der Waals surface area contributed by atoms with Gasteiger partial charge in [-0.1, -0.05) is 29.3 Å². The quantitative estimate of drug-likeness (QED) is 0.654. The average Bonchev–Trinajstić information content (AvgIpc) is 2.48. The first-order valence-electron chi connectivity index (χ1n) is 6.59. The van der Waals surface area contributed by atoms with Gasteiger partial charge in [-0.2, -0.15) is 0 Å². The Morgan fingerprint density at radius 2 is 1.96 bits per heavy atom. The molecule has 0 fully saturated rings. The van der Waals surface area contributed by atoms with Gasteiger partial charge in [-0.3, -0.25) is 14.9 Å². The minimum Gasteiger partial charge on any atom is -0.550 e. The zero-order valence-electron chi connectivity index (χ0n) is 11.6. The van der Waals surface area contributed by atoms with Gasteiger partial charge in [0.2, 0.25) is 5.91 Å². The highest BCUT2D eigenvalue weighted by Crippen LogP contribution is 2.34. The molecule has 9 heteroatoms. The highest BCUT2D eigenvalue weighted by atomic mass is 35.5. The number of rotatable bonds is 4. The molecule has 7 nitrogen and oxygen atoms in total. The number of carbonyl (C=O) groups excluding carboxylic acids is 2. The first-order valence-corrected chi connectivity index (χ1v) is 7.35. The Morgan fingerprint density at radius 3 is 2.57 bits per heavy atom. The summed E-state index contributed by atoms with van der Waals surface area (Å²) in [5.41, 5.74) is -0.444. The fourth-order valence-electron chi connectivity index (χ4n) is 2.38. The molecule has 0 spiro atoms. The molecule has 23 heavy (non-hydrogen) atoms. The van der Waals surface area contributed by atoms with Crippen LogP contribution in [0.25, 0.3) is 0 Å². The van der Waals surface area contributed by atoms with Gasteiger partial charge in [-0.15, -0.1) is 0 Å². The number of aliphatic carboxylic acids is 1. The Bertz CT molecular complexity index is 704. The van der Waals surface area contributed by atoms with Gasteiger partial charge in [0.05, 0.1) is 10.8 Å². The average molecular weight is 358 g/mol. The van der Waals surface area contributed by atoms with Crippen LogP contribution in [0.5, 0.6) is 0 Å². The number of amides is 1. The second-order valence-electron chi connectivity index (χ2n) is 5.03. The van der Waals surface area contributed by atoms with Crippen molar-refractivity contribution in [3.05, 3.63) is 44.4 Å². The van der Waals surface area contributed by atoms with E-state index in [1.807, 2.05) is 0 Å². The molecule has 122 valence electrons. The van der Waals surface area contributed by atoms with E-state index in [0.29, 0.717) is 5.03 Å².